The summed E-state index contributed by atoms with van der Waals surface area (Å²) in [5.74, 6) is 3.48. The second-order valence-electron chi connectivity index (χ2n) is 8.28. The first-order valence-electron chi connectivity index (χ1n) is 10.5. The highest BCUT2D eigenvalue weighted by molar-refractivity contribution is 7.17. The Morgan fingerprint density at radius 1 is 1.17 bits per heavy atom. The lowest BCUT2D eigenvalue weighted by atomic mass is 9.89. The van der Waals surface area contributed by atoms with Crippen LogP contribution in [0.4, 0.5) is 0 Å². The van der Waals surface area contributed by atoms with E-state index in [9.17, 15) is 5.11 Å². The Labute approximate surface area is 181 Å². The molecule has 30 heavy (non-hydrogen) atoms. The molecule has 3 aromatic rings. The number of aromatic hydroxyl groups is 1. The highest BCUT2D eigenvalue weighted by atomic mass is 32.1. The number of benzene rings is 1. The lowest BCUT2D eigenvalue weighted by Crippen LogP contribution is -2.41. The van der Waals surface area contributed by atoms with E-state index in [2.05, 4.69) is 34.9 Å². The average molecular weight is 431 g/mol. The minimum absolute atomic E-state index is 0.103. The second-order valence-corrected chi connectivity index (χ2v) is 9.29. The van der Waals surface area contributed by atoms with Crippen molar-refractivity contribution in [1.82, 2.24) is 19.5 Å². The lowest BCUT2D eigenvalue weighted by molar-refractivity contribution is 0.111. The predicted octanol–water partition coefficient (Wildman–Crippen LogP) is 4.14. The van der Waals surface area contributed by atoms with Crippen LogP contribution >= 0.6 is 11.3 Å². The van der Waals surface area contributed by atoms with E-state index in [1.54, 1.807) is 18.7 Å². The van der Waals surface area contributed by atoms with Gasteiger partial charge in [0.1, 0.15) is 0 Å². The summed E-state index contributed by atoms with van der Waals surface area (Å²) in [5, 5.41) is 15.6. The molecule has 162 valence electrons. The molecular weight excluding hydrogens is 400 g/mol. The zero-order valence-corrected chi connectivity index (χ0v) is 19.1. The monoisotopic (exact) mass is 430 g/mol. The molecule has 4 rings (SSSR count). The van der Waals surface area contributed by atoms with Gasteiger partial charge in [-0.3, -0.25) is 4.90 Å². The van der Waals surface area contributed by atoms with Crippen molar-refractivity contribution in [3.05, 3.63) is 34.5 Å². The average Bonchev–Trinajstić information content (AvgIpc) is 3.26. The Morgan fingerprint density at radius 2 is 1.87 bits per heavy atom. The van der Waals surface area contributed by atoms with Gasteiger partial charge < -0.3 is 14.6 Å². The van der Waals surface area contributed by atoms with E-state index in [1.165, 1.54) is 17.8 Å². The molecule has 0 amide bonds. The first kappa shape index (κ1) is 20.9. The van der Waals surface area contributed by atoms with Crippen molar-refractivity contribution in [2.75, 3.05) is 27.3 Å². The van der Waals surface area contributed by atoms with Gasteiger partial charge in [-0.25, -0.2) is 4.98 Å². The number of methoxy groups -OCH3 is 2. The topological polar surface area (TPSA) is 72.1 Å². The Kier molecular flexibility index (Phi) is 5.88. The Hall–Kier alpha value is -2.32. The molecule has 1 aromatic carbocycles. The number of aromatic nitrogens is 3. The van der Waals surface area contributed by atoms with Crippen LogP contribution < -0.4 is 9.47 Å². The first-order valence-corrected chi connectivity index (χ1v) is 11.3. The molecule has 3 atom stereocenters. The normalized spacial score (nSPS) is 21.1. The fourth-order valence-electron chi connectivity index (χ4n) is 4.59. The molecule has 1 aliphatic rings. The molecule has 0 aliphatic carbocycles. The summed E-state index contributed by atoms with van der Waals surface area (Å²) in [6.07, 6.45) is 1.96. The van der Waals surface area contributed by atoms with E-state index in [1.807, 2.05) is 19.1 Å². The van der Waals surface area contributed by atoms with Crippen molar-refractivity contribution in [2.45, 2.75) is 39.7 Å². The van der Waals surface area contributed by atoms with Crippen molar-refractivity contribution < 1.29 is 14.6 Å². The lowest BCUT2D eigenvalue weighted by Gasteiger charge is -2.40. The molecule has 0 radical (unpaired) electrons. The van der Waals surface area contributed by atoms with Crippen molar-refractivity contribution in [3.8, 4) is 17.4 Å². The van der Waals surface area contributed by atoms with Gasteiger partial charge in [-0.1, -0.05) is 38.2 Å². The second kappa shape index (κ2) is 8.43. The SMILES string of the molecule is CCc1nc2sc([C@H](c3ccc(OC)c(OC)c3)N3C[C@H](C)C[C@H](C)C3)c(O)n2n1. The van der Waals surface area contributed by atoms with Crippen molar-refractivity contribution in [2.24, 2.45) is 11.8 Å². The molecule has 1 aliphatic heterocycles. The van der Waals surface area contributed by atoms with Crippen LogP contribution in [0, 0.1) is 11.8 Å². The van der Waals surface area contributed by atoms with E-state index in [-0.39, 0.29) is 11.9 Å². The summed E-state index contributed by atoms with van der Waals surface area (Å²) in [4.78, 5) is 8.62. The van der Waals surface area contributed by atoms with Crippen LogP contribution in [0.5, 0.6) is 17.4 Å². The summed E-state index contributed by atoms with van der Waals surface area (Å²) in [6, 6.07) is 5.90. The maximum atomic E-state index is 11.1. The third-order valence-corrected chi connectivity index (χ3v) is 6.87. The molecule has 2 aromatic heterocycles. The predicted molar refractivity (Wildman–Crippen MR) is 118 cm³/mol. The summed E-state index contributed by atoms with van der Waals surface area (Å²) in [5.41, 5.74) is 1.06. The smallest absolute Gasteiger partial charge is 0.230 e. The van der Waals surface area contributed by atoms with Gasteiger partial charge in [0.2, 0.25) is 10.8 Å². The third-order valence-electron chi connectivity index (χ3n) is 5.79. The number of fused-ring (bicyclic) bond motifs is 1. The Morgan fingerprint density at radius 3 is 2.47 bits per heavy atom. The van der Waals surface area contributed by atoms with Gasteiger partial charge in [0.25, 0.3) is 0 Å². The van der Waals surface area contributed by atoms with E-state index >= 15 is 0 Å². The van der Waals surface area contributed by atoms with Crippen LogP contribution in [0.1, 0.15) is 49.5 Å². The van der Waals surface area contributed by atoms with Gasteiger partial charge >= 0.3 is 0 Å². The minimum atomic E-state index is -0.103. The molecule has 1 fully saturated rings. The molecule has 3 heterocycles. The van der Waals surface area contributed by atoms with Crippen LogP contribution in [0.15, 0.2) is 18.2 Å². The zero-order chi connectivity index (χ0) is 21.4. The van der Waals surface area contributed by atoms with Crippen LogP contribution in [0.3, 0.4) is 0 Å². The molecule has 0 saturated carbocycles. The summed E-state index contributed by atoms with van der Waals surface area (Å²) >= 11 is 1.51. The number of hydrogen-bond acceptors (Lipinski definition) is 7. The van der Waals surface area contributed by atoms with Gasteiger partial charge in [0.05, 0.1) is 25.1 Å². The molecular formula is C22H30N4O3S. The largest absolute Gasteiger partial charge is 0.493 e. The number of piperidine rings is 1. The third kappa shape index (κ3) is 3.74. The van der Waals surface area contributed by atoms with Gasteiger partial charge in [-0.2, -0.15) is 4.52 Å². The van der Waals surface area contributed by atoms with Crippen molar-refractivity contribution >= 4 is 16.3 Å². The molecule has 0 unspecified atom stereocenters. The number of likely N-dealkylation sites (tertiary alicyclic amines) is 1. The van der Waals surface area contributed by atoms with Crippen molar-refractivity contribution in [1.29, 1.82) is 0 Å². The Bertz CT molecular complexity index is 1020. The van der Waals surface area contributed by atoms with E-state index in [0.717, 1.165) is 40.7 Å². The number of hydrogen-bond donors (Lipinski definition) is 1. The number of aryl methyl sites for hydroxylation is 1. The zero-order valence-electron chi connectivity index (χ0n) is 18.3. The van der Waals surface area contributed by atoms with Crippen LogP contribution in [-0.2, 0) is 6.42 Å². The van der Waals surface area contributed by atoms with Crippen LogP contribution in [-0.4, -0.2) is 51.9 Å². The quantitative estimate of drug-likeness (QED) is 0.634. The number of rotatable bonds is 6. The number of thiazole rings is 1. The van der Waals surface area contributed by atoms with Gasteiger partial charge in [0, 0.05) is 19.5 Å². The van der Waals surface area contributed by atoms with Crippen LogP contribution in [0.2, 0.25) is 0 Å². The van der Waals surface area contributed by atoms with E-state index < -0.39 is 0 Å². The standard InChI is InChI=1S/C22H30N4O3S/c1-6-18-23-22-26(24-18)21(27)20(30-22)19(25-11-13(2)9-14(3)12-25)15-7-8-16(28-4)17(10-15)29-5/h7-8,10,13-14,19,27H,6,9,11-12H2,1-5H3/t13-,14+,19-/m0/s1. The first-order chi connectivity index (χ1) is 14.4. The van der Waals surface area contributed by atoms with Gasteiger partial charge in [0.15, 0.2) is 17.3 Å². The molecule has 7 nitrogen and oxygen atoms in total. The molecule has 1 N–H and O–H groups in total. The Balaban J connectivity index is 1.84. The highest BCUT2D eigenvalue weighted by Gasteiger charge is 2.34. The minimum Gasteiger partial charge on any atom is -0.493 e. The fourth-order valence-corrected chi connectivity index (χ4v) is 5.73. The van der Waals surface area contributed by atoms with Crippen molar-refractivity contribution in [3.63, 3.8) is 0 Å². The molecule has 1 saturated heterocycles. The maximum Gasteiger partial charge on any atom is 0.230 e. The number of ether oxygens (including phenoxy) is 2. The van der Waals surface area contributed by atoms with Gasteiger partial charge in [-0.15, -0.1) is 5.10 Å². The van der Waals surface area contributed by atoms with E-state index in [4.69, 9.17) is 9.47 Å². The fraction of sp³-hybridized carbons (Fsp3) is 0.545. The molecule has 0 spiro atoms. The summed E-state index contributed by atoms with van der Waals surface area (Å²) in [6.45, 7) is 8.54. The summed E-state index contributed by atoms with van der Waals surface area (Å²) in [7, 11) is 3.29. The highest BCUT2D eigenvalue weighted by Crippen LogP contribution is 2.43. The number of nitrogens with zero attached hydrogens (tertiary/aromatic N) is 4. The van der Waals surface area contributed by atoms with Gasteiger partial charge in [-0.05, 0) is 36.0 Å². The maximum absolute atomic E-state index is 11.1. The summed E-state index contributed by atoms with van der Waals surface area (Å²) < 4.78 is 12.6. The van der Waals surface area contributed by atoms with E-state index in [0.29, 0.717) is 23.3 Å². The molecule has 8 heteroatoms. The molecule has 0 bridgehead atoms. The van der Waals surface area contributed by atoms with Crippen LogP contribution in [0.25, 0.3) is 4.96 Å².